The Kier molecular flexibility index (Phi) is 4.28. The molecule has 0 aromatic carbocycles. The van der Waals surface area contributed by atoms with Gasteiger partial charge in [-0.25, -0.2) is 9.59 Å². The summed E-state index contributed by atoms with van der Waals surface area (Å²) in [4.78, 5) is 20.7. The lowest BCUT2D eigenvalue weighted by Crippen LogP contribution is -2.09. The normalized spacial score (nSPS) is 14.2. The van der Waals surface area contributed by atoms with E-state index in [-0.39, 0.29) is 11.1 Å². The Balaban J connectivity index is 4.66. The fourth-order valence-electron chi connectivity index (χ4n) is 0.768. The monoisotopic (exact) mass is 188 g/mol. The predicted molar refractivity (Wildman–Crippen MR) is 47.3 cm³/mol. The van der Waals surface area contributed by atoms with Gasteiger partial charge in [0.05, 0.1) is 0 Å². The minimum absolute atomic E-state index is 0.0108. The third kappa shape index (κ3) is 3.34. The molecular formula is C7H12O4Si. The minimum Gasteiger partial charge on any atom is -0.478 e. The van der Waals surface area contributed by atoms with E-state index in [0.29, 0.717) is 16.7 Å². The van der Waals surface area contributed by atoms with Crippen molar-refractivity contribution in [3.63, 3.8) is 0 Å². The number of carboxylic acids is 2. The van der Waals surface area contributed by atoms with Crippen LogP contribution in [-0.4, -0.2) is 32.4 Å². The second-order valence-corrected chi connectivity index (χ2v) is 3.95. The topological polar surface area (TPSA) is 74.6 Å². The van der Waals surface area contributed by atoms with Crippen molar-refractivity contribution in [1.82, 2.24) is 0 Å². The third-order valence-electron chi connectivity index (χ3n) is 1.67. The molecule has 0 heterocycles. The summed E-state index contributed by atoms with van der Waals surface area (Å²) in [6, 6.07) is 0. The van der Waals surface area contributed by atoms with Crippen LogP contribution in [0.25, 0.3) is 0 Å². The molecule has 0 amide bonds. The molecule has 0 bridgehead atoms. The standard InChI is InChI=1S/C7H12O4Si/c1-2-5(12)4(7(10)11)3-6(8)9/h3,5H,2H2,1,12H3,(H,8,9)(H,10,11). The van der Waals surface area contributed by atoms with Gasteiger partial charge in [0, 0.05) is 21.9 Å². The molecule has 0 spiro atoms. The summed E-state index contributed by atoms with van der Waals surface area (Å²) < 4.78 is 0. The lowest BCUT2D eigenvalue weighted by Gasteiger charge is -2.07. The van der Waals surface area contributed by atoms with Crippen molar-refractivity contribution in [2.24, 2.45) is 0 Å². The molecule has 1 atom stereocenters. The van der Waals surface area contributed by atoms with Crippen LogP contribution in [0.4, 0.5) is 0 Å². The van der Waals surface area contributed by atoms with Crippen LogP contribution >= 0.6 is 0 Å². The van der Waals surface area contributed by atoms with Crippen molar-refractivity contribution in [2.45, 2.75) is 18.9 Å². The fraction of sp³-hybridized carbons (Fsp3) is 0.429. The summed E-state index contributed by atoms with van der Waals surface area (Å²) >= 11 is 0. The molecule has 0 radical (unpaired) electrons. The molecule has 12 heavy (non-hydrogen) atoms. The summed E-state index contributed by atoms with van der Waals surface area (Å²) in [5.41, 5.74) is -0.0738. The Labute approximate surface area is 73.3 Å². The van der Waals surface area contributed by atoms with E-state index in [4.69, 9.17) is 10.2 Å². The number of carbonyl (C=O) groups is 2. The van der Waals surface area contributed by atoms with Crippen molar-refractivity contribution in [1.29, 1.82) is 0 Å². The zero-order valence-corrected chi connectivity index (χ0v) is 9.07. The summed E-state index contributed by atoms with van der Waals surface area (Å²) in [6.45, 7) is 1.84. The number of carboxylic acid groups (broad SMARTS) is 2. The number of hydrogen-bond acceptors (Lipinski definition) is 2. The van der Waals surface area contributed by atoms with Crippen LogP contribution in [0.2, 0.25) is 5.54 Å². The lowest BCUT2D eigenvalue weighted by atomic mass is 10.1. The molecule has 0 aliphatic heterocycles. The Morgan fingerprint density at radius 2 is 2.00 bits per heavy atom. The molecule has 1 unspecified atom stereocenters. The quantitative estimate of drug-likeness (QED) is 0.467. The molecule has 0 saturated carbocycles. The van der Waals surface area contributed by atoms with E-state index < -0.39 is 11.9 Å². The molecule has 0 aromatic heterocycles. The summed E-state index contributed by atoms with van der Waals surface area (Å²) in [6.07, 6.45) is 1.46. The maximum atomic E-state index is 10.5. The van der Waals surface area contributed by atoms with Crippen LogP contribution in [-0.2, 0) is 9.59 Å². The first-order chi connectivity index (χ1) is 5.49. The van der Waals surface area contributed by atoms with Gasteiger partial charge in [0.1, 0.15) is 0 Å². The van der Waals surface area contributed by atoms with E-state index in [1.54, 1.807) is 0 Å². The molecule has 0 aliphatic rings. The second-order valence-electron chi connectivity index (χ2n) is 2.55. The van der Waals surface area contributed by atoms with Gasteiger partial charge in [-0.1, -0.05) is 13.3 Å². The van der Waals surface area contributed by atoms with Gasteiger partial charge in [0.15, 0.2) is 0 Å². The highest BCUT2D eigenvalue weighted by Gasteiger charge is 2.15. The fourth-order valence-corrected chi connectivity index (χ4v) is 1.18. The lowest BCUT2D eigenvalue weighted by molar-refractivity contribution is -0.135. The van der Waals surface area contributed by atoms with E-state index in [9.17, 15) is 9.59 Å². The van der Waals surface area contributed by atoms with E-state index in [0.717, 1.165) is 6.08 Å². The molecule has 2 N–H and O–H groups in total. The molecule has 0 aromatic rings. The molecule has 0 fully saturated rings. The van der Waals surface area contributed by atoms with Crippen molar-refractivity contribution in [3.8, 4) is 0 Å². The van der Waals surface area contributed by atoms with Crippen LogP contribution in [0.1, 0.15) is 13.3 Å². The molecule has 5 heteroatoms. The van der Waals surface area contributed by atoms with Gasteiger partial charge in [0.2, 0.25) is 0 Å². The SMILES string of the molecule is CCC([SiH3])C(=CC(=O)O)C(=O)O. The Morgan fingerprint density at radius 1 is 1.50 bits per heavy atom. The number of aliphatic carboxylic acids is 2. The first-order valence-corrected chi connectivity index (χ1v) is 4.82. The average molecular weight is 188 g/mol. The van der Waals surface area contributed by atoms with Crippen LogP contribution in [0.5, 0.6) is 0 Å². The second kappa shape index (κ2) is 4.71. The Morgan fingerprint density at radius 3 is 2.25 bits per heavy atom. The van der Waals surface area contributed by atoms with Crippen LogP contribution in [0, 0.1) is 0 Å². The van der Waals surface area contributed by atoms with Gasteiger partial charge in [0.25, 0.3) is 0 Å². The average Bonchev–Trinajstić information content (AvgIpc) is 1.98. The molecule has 68 valence electrons. The van der Waals surface area contributed by atoms with E-state index in [1.807, 2.05) is 6.92 Å². The number of rotatable bonds is 4. The zero-order valence-electron chi connectivity index (χ0n) is 7.07. The maximum Gasteiger partial charge on any atom is 0.331 e. The van der Waals surface area contributed by atoms with Gasteiger partial charge < -0.3 is 10.2 Å². The van der Waals surface area contributed by atoms with E-state index in [1.165, 1.54) is 0 Å². The first-order valence-electron chi connectivity index (χ1n) is 3.66. The van der Waals surface area contributed by atoms with Crippen LogP contribution in [0.15, 0.2) is 11.6 Å². The van der Waals surface area contributed by atoms with Crippen molar-refractivity contribution in [2.75, 3.05) is 0 Å². The predicted octanol–water partition coefficient (Wildman–Crippen LogP) is -0.354. The third-order valence-corrected chi connectivity index (χ3v) is 3.11. The van der Waals surface area contributed by atoms with Gasteiger partial charge in [-0.05, 0) is 5.54 Å². The van der Waals surface area contributed by atoms with E-state index in [2.05, 4.69) is 0 Å². The van der Waals surface area contributed by atoms with Crippen LogP contribution in [0.3, 0.4) is 0 Å². The smallest absolute Gasteiger partial charge is 0.331 e. The summed E-state index contributed by atoms with van der Waals surface area (Å²) in [5.74, 6) is -2.32. The maximum absolute atomic E-state index is 10.5. The van der Waals surface area contributed by atoms with Crippen molar-refractivity contribution >= 4 is 22.2 Å². The molecule has 0 saturated heterocycles. The minimum atomic E-state index is -1.19. The highest BCUT2D eigenvalue weighted by Crippen LogP contribution is 2.17. The zero-order chi connectivity index (χ0) is 9.72. The van der Waals surface area contributed by atoms with Crippen molar-refractivity contribution < 1.29 is 19.8 Å². The molecule has 0 aliphatic carbocycles. The highest BCUT2D eigenvalue weighted by molar-refractivity contribution is 6.18. The van der Waals surface area contributed by atoms with Gasteiger partial charge in [-0.2, -0.15) is 0 Å². The van der Waals surface area contributed by atoms with Crippen LogP contribution < -0.4 is 0 Å². The largest absolute Gasteiger partial charge is 0.478 e. The Hall–Kier alpha value is -1.10. The first kappa shape index (κ1) is 10.9. The number of hydrogen-bond donors (Lipinski definition) is 2. The van der Waals surface area contributed by atoms with Gasteiger partial charge >= 0.3 is 11.9 Å². The molecule has 0 rings (SSSR count). The van der Waals surface area contributed by atoms with Gasteiger partial charge in [-0.15, -0.1) is 0 Å². The summed E-state index contributed by atoms with van der Waals surface area (Å²) in [7, 11) is 0.664. The van der Waals surface area contributed by atoms with E-state index >= 15 is 0 Å². The molecular weight excluding hydrogens is 176 g/mol. The van der Waals surface area contributed by atoms with Gasteiger partial charge in [-0.3, -0.25) is 0 Å². The highest BCUT2D eigenvalue weighted by atomic mass is 28.1. The Bertz CT molecular complexity index is 221. The summed E-state index contributed by atoms with van der Waals surface area (Å²) in [5, 5.41) is 17.0. The van der Waals surface area contributed by atoms with Crippen molar-refractivity contribution in [3.05, 3.63) is 11.6 Å². The molecule has 4 nitrogen and oxygen atoms in total.